The quantitative estimate of drug-likeness (QED) is 0.744. The summed E-state index contributed by atoms with van der Waals surface area (Å²) < 4.78 is 1.76. The van der Waals surface area contributed by atoms with Crippen molar-refractivity contribution in [3.63, 3.8) is 0 Å². The molecule has 7 nitrogen and oxygen atoms in total. The van der Waals surface area contributed by atoms with Crippen LogP contribution in [0.3, 0.4) is 0 Å². The van der Waals surface area contributed by atoms with E-state index in [9.17, 15) is 9.90 Å². The highest BCUT2D eigenvalue weighted by atomic mass is 16.3. The number of aromatic nitrogens is 4. The third kappa shape index (κ3) is 3.02. The van der Waals surface area contributed by atoms with Crippen molar-refractivity contribution in [3.05, 3.63) is 47.9 Å². The summed E-state index contributed by atoms with van der Waals surface area (Å²) in [6.07, 6.45) is 5.92. The van der Waals surface area contributed by atoms with Crippen molar-refractivity contribution in [3.8, 4) is 0 Å². The standard InChI is InChI=1S/C18H21N5O2/c1-22-8-14(7-20-22)16-10-23(9-15(16)11-24)18(25)5-12-2-3-17-13(4-12)6-19-21-17/h2-4,6-8,15-16,24H,5,9-11H2,1H3,(H,19,21)/t15-,16-/m0/s1. The first-order valence-electron chi connectivity index (χ1n) is 8.43. The lowest BCUT2D eigenvalue weighted by molar-refractivity contribution is -0.129. The molecule has 4 rings (SSSR count). The lowest BCUT2D eigenvalue weighted by Gasteiger charge is -2.16. The van der Waals surface area contributed by atoms with Gasteiger partial charge in [-0.15, -0.1) is 0 Å². The lowest BCUT2D eigenvalue weighted by Crippen LogP contribution is -2.30. The van der Waals surface area contributed by atoms with E-state index < -0.39 is 0 Å². The molecule has 0 saturated carbocycles. The average Bonchev–Trinajstić information content (AvgIpc) is 3.32. The van der Waals surface area contributed by atoms with Gasteiger partial charge in [-0.3, -0.25) is 14.6 Å². The number of aromatic amines is 1. The third-order valence-corrected chi connectivity index (χ3v) is 5.04. The molecule has 1 fully saturated rings. The maximum Gasteiger partial charge on any atom is 0.227 e. The van der Waals surface area contributed by atoms with E-state index in [0.717, 1.165) is 22.0 Å². The Morgan fingerprint density at radius 2 is 2.24 bits per heavy atom. The van der Waals surface area contributed by atoms with Gasteiger partial charge >= 0.3 is 0 Å². The van der Waals surface area contributed by atoms with Gasteiger partial charge in [-0.2, -0.15) is 10.2 Å². The molecule has 3 heterocycles. The van der Waals surface area contributed by atoms with Gasteiger partial charge in [0.25, 0.3) is 0 Å². The van der Waals surface area contributed by atoms with Crippen molar-refractivity contribution < 1.29 is 9.90 Å². The number of nitrogens with zero attached hydrogens (tertiary/aromatic N) is 4. The van der Waals surface area contributed by atoms with Crippen molar-refractivity contribution in [1.29, 1.82) is 0 Å². The minimum atomic E-state index is 0.0597. The monoisotopic (exact) mass is 339 g/mol. The van der Waals surface area contributed by atoms with Crippen LogP contribution in [0.2, 0.25) is 0 Å². The number of carbonyl (C=O) groups is 1. The number of hydrogen-bond donors (Lipinski definition) is 2. The van der Waals surface area contributed by atoms with Crippen LogP contribution in [0.1, 0.15) is 17.0 Å². The Morgan fingerprint density at radius 3 is 3.00 bits per heavy atom. The summed E-state index contributed by atoms with van der Waals surface area (Å²) in [6, 6.07) is 5.90. The lowest BCUT2D eigenvalue weighted by atomic mass is 9.92. The fourth-order valence-electron chi connectivity index (χ4n) is 3.66. The summed E-state index contributed by atoms with van der Waals surface area (Å²) in [5.74, 6) is 0.288. The van der Waals surface area contributed by atoms with E-state index in [0.29, 0.717) is 19.5 Å². The highest BCUT2D eigenvalue weighted by molar-refractivity contribution is 5.83. The van der Waals surface area contributed by atoms with Gasteiger partial charge in [-0.05, 0) is 23.3 Å². The Balaban J connectivity index is 1.48. The van der Waals surface area contributed by atoms with Crippen LogP contribution in [-0.2, 0) is 18.3 Å². The molecule has 2 aromatic heterocycles. The van der Waals surface area contributed by atoms with Crippen molar-refractivity contribution >= 4 is 16.8 Å². The van der Waals surface area contributed by atoms with Gasteiger partial charge in [-0.1, -0.05) is 6.07 Å². The van der Waals surface area contributed by atoms with E-state index >= 15 is 0 Å². The van der Waals surface area contributed by atoms with Gasteiger partial charge in [0.05, 0.1) is 24.3 Å². The number of H-pyrrole nitrogens is 1. The summed E-state index contributed by atoms with van der Waals surface area (Å²) in [7, 11) is 1.88. The van der Waals surface area contributed by atoms with Crippen molar-refractivity contribution in [2.75, 3.05) is 19.7 Å². The Bertz CT molecular complexity index is 900. The van der Waals surface area contributed by atoms with Crippen molar-refractivity contribution in [2.45, 2.75) is 12.3 Å². The average molecular weight is 339 g/mol. The molecule has 1 saturated heterocycles. The summed E-state index contributed by atoms with van der Waals surface area (Å²) in [6.45, 7) is 1.29. The number of nitrogens with one attached hydrogen (secondary N) is 1. The number of carbonyl (C=O) groups excluding carboxylic acids is 1. The molecule has 0 unspecified atom stereocenters. The van der Waals surface area contributed by atoms with Crippen LogP contribution in [0.5, 0.6) is 0 Å². The number of aliphatic hydroxyl groups excluding tert-OH is 1. The van der Waals surface area contributed by atoms with Crippen LogP contribution in [0, 0.1) is 5.92 Å². The molecule has 7 heteroatoms. The van der Waals surface area contributed by atoms with Crippen LogP contribution < -0.4 is 0 Å². The van der Waals surface area contributed by atoms with Gasteiger partial charge in [0.2, 0.25) is 5.91 Å². The van der Waals surface area contributed by atoms with Gasteiger partial charge in [-0.25, -0.2) is 0 Å². The van der Waals surface area contributed by atoms with E-state index in [1.807, 2.05) is 42.5 Å². The molecule has 1 aromatic carbocycles. The summed E-state index contributed by atoms with van der Waals surface area (Å²) in [4.78, 5) is 14.6. The number of likely N-dealkylation sites (tertiary alicyclic amines) is 1. The molecular weight excluding hydrogens is 318 g/mol. The maximum absolute atomic E-state index is 12.7. The van der Waals surface area contributed by atoms with Gasteiger partial charge in [0, 0.05) is 50.2 Å². The summed E-state index contributed by atoms with van der Waals surface area (Å²) >= 11 is 0. The second-order valence-corrected chi connectivity index (χ2v) is 6.76. The van der Waals surface area contributed by atoms with Crippen LogP contribution in [0.4, 0.5) is 0 Å². The number of amides is 1. The number of hydrogen-bond acceptors (Lipinski definition) is 4. The largest absolute Gasteiger partial charge is 0.396 e. The first kappa shape index (κ1) is 15.8. The molecule has 0 radical (unpaired) electrons. The summed E-state index contributed by atoms with van der Waals surface area (Å²) in [5, 5.41) is 21.9. The molecule has 2 atom stereocenters. The van der Waals surface area contributed by atoms with Crippen molar-refractivity contribution in [1.82, 2.24) is 24.9 Å². The molecule has 130 valence electrons. The molecule has 2 N–H and O–H groups in total. The number of aryl methyl sites for hydroxylation is 1. The Labute approximate surface area is 145 Å². The van der Waals surface area contributed by atoms with E-state index in [1.165, 1.54) is 0 Å². The highest BCUT2D eigenvalue weighted by Crippen LogP contribution is 2.32. The predicted octanol–water partition coefficient (Wildman–Crippen LogP) is 1.07. The molecule has 25 heavy (non-hydrogen) atoms. The third-order valence-electron chi connectivity index (χ3n) is 5.04. The predicted molar refractivity (Wildman–Crippen MR) is 92.9 cm³/mol. The van der Waals surface area contributed by atoms with Crippen LogP contribution in [-0.4, -0.2) is 55.6 Å². The number of benzene rings is 1. The minimum absolute atomic E-state index is 0.0597. The zero-order chi connectivity index (χ0) is 17.4. The molecule has 1 amide bonds. The normalized spacial score (nSPS) is 20.5. The highest BCUT2D eigenvalue weighted by Gasteiger charge is 2.36. The zero-order valence-corrected chi connectivity index (χ0v) is 14.1. The molecule has 3 aromatic rings. The number of aliphatic hydroxyl groups is 1. The first-order valence-corrected chi connectivity index (χ1v) is 8.43. The van der Waals surface area contributed by atoms with E-state index in [-0.39, 0.29) is 24.3 Å². The summed E-state index contributed by atoms with van der Waals surface area (Å²) in [5.41, 5.74) is 3.02. The van der Waals surface area contributed by atoms with Gasteiger partial charge in [0.15, 0.2) is 0 Å². The van der Waals surface area contributed by atoms with E-state index in [2.05, 4.69) is 15.3 Å². The topological polar surface area (TPSA) is 87.0 Å². The second-order valence-electron chi connectivity index (χ2n) is 6.76. The Morgan fingerprint density at radius 1 is 1.36 bits per heavy atom. The van der Waals surface area contributed by atoms with Crippen molar-refractivity contribution in [2.24, 2.45) is 13.0 Å². The molecular formula is C18H21N5O2. The van der Waals surface area contributed by atoms with Gasteiger partial charge in [0.1, 0.15) is 0 Å². The minimum Gasteiger partial charge on any atom is -0.396 e. The molecule has 0 bridgehead atoms. The smallest absolute Gasteiger partial charge is 0.227 e. The number of rotatable bonds is 4. The number of fused-ring (bicyclic) bond motifs is 1. The van der Waals surface area contributed by atoms with E-state index in [1.54, 1.807) is 10.9 Å². The van der Waals surface area contributed by atoms with Crippen LogP contribution in [0.25, 0.3) is 10.9 Å². The Hall–Kier alpha value is -2.67. The Kier molecular flexibility index (Phi) is 4.01. The molecule has 0 aliphatic carbocycles. The van der Waals surface area contributed by atoms with Crippen LogP contribution in [0.15, 0.2) is 36.8 Å². The van der Waals surface area contributed by atoms with Gasteiger partial charge < -0.3 is 10.0 Å². The SMILES string of the molecule is Cn1cc([C@@H]2CN(C(=O)Cc3ccc4[nH]ncc4c3)C[C@H]2CO)cn1. The molecule has 0 spiro atoms. The zero-order valence-electron chi connectivity index (χ0n) is 14.1. The first-order chi connectivity index (χ1) is 12.1. The van der Waals surface area contributed by atoms with E-state index in [4.69, 9.17) is 0 Å². The maximum atomic E-state index is 12.7. The fraction of sp³-hybridized carbons (Fsp3) is 0.389. The molecule has 1 aliphatic rings. The second kappa shape index (κ2) is 6.33. The fourth-order valence-corrected chi connectivity index (χ4v) is 3.66. The van der Waals surface area contributed by atoms with Crippen LogP contribution >= 0.6 is 0 Å². The molecule has 1 aliphatic heterocycles.